The van der Waals surface area contributed by atoms with Gasteiger partial charge < -0.3 is 15.8 Å². The summed E-state index contributed by atoms with van der Waals surface area (Å²) in [5.41, 5.74) is 6.30. The lowest BCUT2D eigenvalue weighted by Gasteiger charge is -2.07. The average molecular weight is 401 g/mol. The highest BCUT2D eigenvalue weighted by Gasteiger charge is 2.14. The Labute approximate surface area is 158 Å². The third kappa shape index (κ3) is 5.77. The number of carbonyl (C=O) groups is 2. The number of nitrogen functional groups attached to an aromatic ring is 1. The van der Waals surface area contributed by atoms with Gasteiger partial charge in [-0.2, -0.15) is 0 Å². The Balaban J connectivity index is 1.95. The van der Waals surface area contributed by atoms with Crippen LogP contribution in [0.4, 0.5) is 11.5 Å². The van der Waals surface area contributed by atoms with E-state index in [4.69, 9.17) is 33.7 Å². The topological polar surface area (TPSA) is 107 Å². The quantitative estimate of drug-likeness (QED) is 0.435. The molecule has 1 aromatic heterocycles. The van der Waals surface area contributed by atoms with E-state index < -0.39 is 5.97 Å². The second-order valence-corrected chi connectivity index (χ2v) is 6.48. The second-order valence-electron chi connectivity index (χ2n) is 4.67. The summed E-state index contributed by atoms with van der Waals surface area (Å²) < 4.78 is 4.84. The predicted molar refractivity (Wildman–Crippen MR) is 98.2 cm³/mol. The van der Waals surface area contributed by atoms with Crippen LogP contribution in [0.3, 0.4) is 0 Å². The van der Waals surface area contributed by atoms with Gasteiger partial charge in [-0.05, 0) is 25.1 Å². The first-order valence-corrected chi connectivity index (χ1v) is 8.81. The third-order valence-electron chi connectivity index (χ3n) is 2.77. The van der Waals surface area contributed by atoms with E-state index >= 15 is 0 Å². The van der Waals surface area contributed by atoms with Gasteiger partial charge in [0.1, 0.15) is 11.4 Å². The van der Waals surface area contributed by atoms with Crippen molar-refractivity contribution in [3.8, 4) is 0 Å². The lowest BCUT2D eigenvalue weighted by molar-refractivity contribution is -0.113. The lowest BCUT2D eigenvalue weighted by atomic mass is 10.3. The molecule has 132 valence electrons. The zero-order chi connectivity index (χ0) is 18.4. The van der Waals surface area contributed by atoms with Crippen LogP contribution in [0, 0.1) is 0 Å². The summed E-state index contributed by atoms with van der Waals surface area (Å²) in [6, 6.07) is 4.73. The number of carbonyl (C=O) groups excluding carboxylic acids is 2. The monoisotopic (exact) mass is 400 g/mol. The molecule has 0 bridgehead atoms. The van der Waals surface area contributed by atoms with Gasteiger partial charge in [0.2, 0.25) is 5.91 Å². The number of amides is 1. The van der Waals surface area contributed by atoms with Crippen molar-refractivity contribution < 1.29 is 14.3 Å². The number of ether oxygens (including phenoxy) is 1. The number of thioether (sulfide) groups is 1. The van der Waals surface area contributed by atoms with Crippen molar-refractivity contribution in [1.82, 2.24) is 9.97 Å². The molecule has 0 aliphatic heterocycles. The molecule has 0 aliphatic carbocycles. The first-order valence-electron chi connectivity index (χ1n) is 7.07. The van der Waals surface area contributed by atoms with Crippen molar-refractivity contribution in [3.63, 3.8) is 0 Å². The Hall–Kier alpha value is -2.03. The number of benzene rings is 1. The van der Waals surface area contributed by atoms with E-state index in [-0.39, 0.29) is 34.8 Å². The summed E-state index contributed by atoms with van der Waals surface area (Å²) in [4.78, 5) is 31.6. The van der Waals surface area contributed by atoms with E-state index in [0.717, 1.165) is 11.8 Å². The number of rotatable bonds is 6. The molecule has 25 heavy (non-hydrogen) atoms. The normalized spacial score (nSPS) is 10.4. The summed E-state index contributed by atoms with van der Waals surface area (Å²) in [5, 5.41) is 3.77. The maximum atomic E-state index is 12.0. The molecular weight excluding hydrogens is 387 g/mol. The highest BCUT2D eigenvalue weighted by molar-refractivity contribution is 7.99. The highest BCUT2D eigenvalue weighted by Crippen LogP contribution is 2.23. The van der Waals surface area contributed by atoms with Gasteiger partial charge >= 0.3 is 5.97 Å². The molecule has 0 aliphatic rings. The SMILES string of the molecule is CCOC(=O)c1cnc(SCC(=O)Nc2cc(Cl)cc(Cl)c2)nc1N. The van der Waals surface area contributed by atoms with Crippen molar-refractivity contribution in [1.29, 1.82) is 0 Å². The molecule has 7 nitrogen and oxygen atoms in total. The molecule has 2 rings (SSSR count). The number of nitrogens with one attached hydrogen (secondary N) is 1. The van der Waals surface area contributed by atoms with Gasteiger partial charge in [-0.3, -0.25) is 4.79 Å². The smallest absolute Gasteiger partial charge is 0.343 e. The Morgan fingerprint density at radius 1 is 1.28 bits per heavy atom. The van der Waals surface area contributed by atoms with Gasteiger partial charge in [-0.15, -0.1) is 0 Å². The lowest BCUT2D eigenvalue weighted by Crippen LogP contribution is -2.15. The molecule has 0 saturated carbocycles. The van der Waals surface area contributed by atoms with E-state index in [1.807, 2.05) is 0 Å². The van der Waals surface area contributed by atoms with Gasteiger partial charge in [0, 0.05) is 21.9 Å². The van der Waals surface area contributed by atoms with Crippen molar-refractivity contribution >= 4 is 58.3 Å². The van der Waals surface area contributed by atoms with Crippen LogP contribution in [-0.4, -0.2) is 34.2 Å². The van der Waals surface area contributed by atoms with Crippen molar-refractivity contribution in [2.45, 2.75) is 12.1 Å². The molecule has 2 aromatic rings. The zero-order valence-corrected chi connectivity index (χ0v) is 15.4. The predicted octanol–water partition coefficient (Wildman–Crippen LogP) is 3.27. The minimum Gasteiger partial charge on any atom is -0.462 e. The van der Waals surface area contributed by atoms with Crippen LogP contribution >= 0.6 is 35.0 Å². The molecule has 0 saturated heterocycles. The van der Waals surface area contributed by atoms with Crippen LogP contribution in [0.1, 0.15) is 17.3 Å². The zero-order valence-electron chi connectivity index (χ0n) is 13.1. The summed E-state index contributed by atoms with van der Waals surface area (Å²) >= 11 is 12.8. The molecule has 0 atom stereocenters. The molecule has 0 spiro atoms. The summed E-state index contributed by atoms with van der Waals surface area (Å²) in [5.74, 6) is -0.840. The number of aromatic nitrogens is 2. The highest BCUT2D eigenvalue weighted by atomic mass is 35.5. The molecule has 0 radical (unpaired) electrons. The van der Waals surface area contributed by atoms with Gasteiger partial charge in [0.05, 0.1) is 12.4 Å². The fourth-order valence-corrected chi connectivity index (χ4v) is 2.92. The Bertz CT molecular complexity index is 784. The van der Waals surface area contributed by atoms with Crippen LogP contribution in [0.15, 0.2) is 29.6 Å². The van der Waals surface area contributed by atoms with E-state index in [1.165, 1.54) is 6.20 Å². The van der Waals surface area contributed by atoms with Crippen molar-refractivity contribution in [2.24, 2.45) is 0 Å². The number of nitrogens with two attached hydrogens (primary N) is 1. The van der Waals surface area contributed by atoms with Crippen molar-refractivity contribution in [3.05, 3.63) is 40.0 Å². The van der Waals surface area contributed by atoms with E-state index in [1.54, 1.807) is 25.1 Å². The summed E-state index contributed by atoms with van der Waals surface area (Å²) in [6.45, 7) is 1.91. The van der Waals surface area contributed by atoms with E-state index in [0.29, 0.717) is 15.7 Å². The van der Waals surface area contributed by atoms with Crippen LogP contribution in [-0.2, 0) is 9.53 Å². The fraction of sp³-hybridized carbons (Fsp3) is 0.200. The molecule has 10 heteroatoms. The fourth-order valence-electron chi connectivity index (χ4n) is 1.77. The van der Waals surface area contributed by atoms with Gasteiger partial charge in [-0.1, -0.05) is 35.0 Å². The van der Waals surface area contributed by atoms with E-state index in [9.17, 15) is 9.59 Å². The standard InChI is InChI=1S/C15H14Cl2N4O3S/c1-2-24-14(23)11-6-19-15(21-13(11)18)25-7-12(22)20-10-4-8(16)3-9(17)5-10/h3-6H,2,7H2,1H3,(H,20,22)(H2,18,19,21). The van der Waals surface area contributed by atoms with Gasteiger partial charge in [0.25, 0.3) is 0 Å². The van der Waals surface area contributed by atoms with Crippen LogP contribution in [0.25, 0.3) is 0 Å². The van der Waals surface area contributed by atoms with Crippen LogP contribution in [0.2, 0.25) is 10.0 Å². The number of nitrogens with zero attached hydrogens (tertiary/aromatic N) is 2. The number of hydrogen-bond acceptors (Lipinski definition) is 7. The Morgan fingerprint density at radius 2 is 1.96 bits per heavy atom. The Kier molecular flexibility index (Phi) is 6.86. The van der Waals surface area contributed by atoms with Crippen molar-refractivity contribution in [2.75, 3.05) is 23.4 Å². The van der Waals surface area contributed by atoms with E-state index in [2.05, 4.69) is 15.3 Å². The molecule has 1 amide bonds. The molecular formula is C15H14Cl2N4O3S. The molecule has 1 aromatic carbocycles. The largest absolute Gasteiger partial charge is 0.462 e. The maximum absolute atomic E-state index is 12.0. The molecule has 0 fully saturated rings. The first-order chi connectivity index (χ1) is 11.9. The van der Waals surface area contributed by atoms with Crippen LogP contribution < -0.4 is 11.1 Å². The van der Waals surface area contributed by atoms with Gasteiger partial charge in [0.15, 0.2) is 5.16 Å². The minimum absolute atomic E-state index is 0.00187. The summed E-state index contributed by atoms with van der Waals surface area (Å²) in [6.07, 6.45) is 1.28. The first kappa shape index (κ1) is 19.3. The summed E-state index contributed by atoms with van der Waals surface area (Å²) in [7, 11) is 0. The number of halogens is 2. The Morgan fingerprint density at radius 3 is 2.56 bits per heavy atom. The number of hydrogen-bond donors (Lipinski definition) is 2. The van der Waals surface area contributed by atoms with Gasteiger partial charge in [-0.25, -0.2) is 14.8 Å². The third-order valence-corrected chi connectivity index (χ3v) is 4.07. The number of esters is 1. The molecule has 1 heterocycles. The number of anilines is 2. The minimum atomic E-state index is -0.591. The molecule has 0 unspecified atom stereocenters. The second kappa shape index (κ2) is 8.89. The average Bonchev–Trinajstić information content (AvgIpc) is 2.52. The maximum Gasteiger partial charge on any atom is 0.343 e. The van der Waals surface area contributed by atoms with Crippen LogP contribution in [0.5, 0.6) is 0 Å². The molecule has 3 N–H and O–H groups in total.